The molecule has 0 radical (unpaired) electrons. The SMILES string of the molecule is C/C=C/Cn1ncc2ccc(N)cc21. The highest BCUT2D eigenvalue weighted by molar-refractivity contribution is 5.81. The summed E-state index contributed by atoms with van der Waals surface area (Å²) >= 11 is 0. The third kappa shape index (κ3) is 1.48. The first-order valence-corrected chi connectivity index (χ1v) is 4.63. The Hall–Kier alpha value is -1.77. The molecule has 3 heteroatoms. The smallest absolute Gasteiger partial charge is 0.0706 e. The van der Waals surface area contributed by atoms with E-state index in [2.05, 4.69) is 11.2 Å². The van der Waals surface area contributed by atoms with Crippen LogP contribution in [0.15, 0.2) is 36.5 Å². The van der Waals surface area contributed by atoms with Crippen LogP contribution in [0, 0.1) is 0 Å². The van der Waals surface area contributed by atoms with E-state index in [0.717, 1.165) is 23.1 Å². The van der Waals surface area contributed by atoms with Crippen LogP contribution in [0.4, 0.5) is 5.69 Å². The largest absolute Gasteiger partial charge is 0.399 e. The molecule has 1 heterocycles. The fourth-order valence-electron chi connectivity index (χ4n) is 1.44. The molecule has 2 aromatic rings. The number of nitrogen functional groups attached to an aromatic ring is 1. The Labute approximate surface area is 82.8 Å². The Bertz CT molecular complexity index is 468. The molecule has 0 fully saturated rings. The molecule has 0 aliphatic carbocycles. The Morgan fingerprint density at radius 1 is 1.50 bits per heavy atom. The zero-order chi connectivity index (χ0) is 9.97. The minimum Gasteiger partial charge on any atom is -0.399 e. The van der Waals surface area contributed by atoms with Gasteiger partial charge >= 0.3 is 0 Å². The van der Waals surface area contributed by atoms with Gasteiger partial charge in [-0.15, -0.1) is 0 Å². The molecule has 0 bridgehead atoms. The minimum absolute atomic E-state index is 0.778. The fourth-order valence-corrected chi connectivity index (χ4v) is 1.44. The topological polar surface area (TPSA) is 43.8 Å². The molecule has 0 atom stereocenters. The molecule has 0 aliphatic heterocycles. The molecule has 0 spiro atoms. The summed E-state index contributed by atoms with van der Waals surface area (Å²) in [5.41, 5.74) is 7.59. The van der Waals surface area contributed by atoms with Gasteiger partial charge in [-0.2, -0.15) is 5.10 Å². The normalized spacial score (nSPS) is 11.5. The second-order valence-electron chi connectivity index (χ2n) is 3.21. The second-order valence-corrected chi connectivity index (χ2v) is 3.21. The summed E-state index contributed by atoms with van der Waals surface area (Å²) in [5, 5.41) is 5.41. The van der Waals surface area contributed by atoms with Gasteiger partial charge in [0.15, 0.2) is 0 Å². The predicted octanol–water partition coefficient (Wildman–Crippen LogP) is 2.19. The molecular formula is C11H13N3. The van der Waals surface area contributed by atoms with Gasteiger partial charge in [0.05, 0.1) is 18.3 Å². The van der Waals surface area contributed by atoms with E-state index in [1.807, 2.05) is 42.1 Å². The Morgan fingerprint density at radius 2 is 2.36 bits per heavy atom. The van der Waals surface area contributed by atoms with Crippen LogP contribution in [-0.4, -0.2) is 9.78 Å². The average molecular weight is 187 g/mol. The number of fused-ring (bicyclic) bond motifs is 1. The number of benzene rings is 1. The summed E-state index contributed by atoms with van der Waals surface area (Å²) in [6.45, 7) is 2.80. The highest BCUT2D eigenvalue weighted by Crippen LogP contribution is 2.16. The van der Waals surface area contributed by atoms with Crippen LogP contribution in [-0.2, 0) is 6.54 Å². The summed E-state index contributed by atoms with van der Waals surface area (Å²) in [6.07, 6.45) is 5.94. The molecule has 0 aliphatic rings. The highest BCUT2D eigenvalue weighted by Gasteiger charge is 2.00. The third-order valence-corrected chi connectivity index (χ3v) is 2.18. The van der Waals surface area contributed by atoms with E-state index in [-0.39, 0.29) is 0 Å². The summed E-state index contributed by atoms with van der Waals surface area (Å²) in [6, 6.07) is 5.83. The molecule has 0 saturated carbocycles. The first-order chi connectivity index (χ1) is 6.81. The number of nitrogens with two attached hydrogens (primary N) is 1. The number of hydrogen-bond donors (Lipinski definition) is 1. The molecule has 1 aromatic carbocycles. The maximum Gasteiger partial charge on any atom is 0.0706 e. The molecule has 0 amide bonds. The van der Waals surface area contributed by atoms with Crippen molar-refractivity contribution in [2.75, 3.05) is 5.73 Å². The molecule has 14 heavy (non-hydrogen) atoms. The number of hydrogen-bond acceptors (Lipinski definition) is 2. The van der Waals surface area contributed by atoms with Crippen LogP contribution in [0.5, 0.6) is 0 Å². The maximum atomic E-state index is 5.72. The zero-order valence-electron chi connectivity index (χ0n) is 8.14. The maximum absolute atomic E-state index is 5.72. The fraction of sp³-hybridized carbons (Fsp3) is 0.182. The highest BCUT2D eigenvalue weighted by atomic mass is 15.3. The van der Waals surface area contributed by atoms with Crippen molar-refractivity contribution in [2.24, 2.45) is 0 Å². The molecule has 0 saturated heterocycles. The van der Waals surface area contributed by atoms with Gasteiger partial charge in [-0.25, -0.2) is 0 Å². The van der Waals surface area contributed by atoms with Gasteiger partial charge in [0, 0.05) is 11.1 Å². The lowest BCUT2D eigenvalue weighted by molar-refractivity contribution is 0.727. The van der Waals surface area contributed by atoms with Gasteiger partial charge in [-0.3, -0.25) is 4.68 Å². The number of anilines is 1. The van der Waals surface area contributed by atoms with Crippen molar-refractivity contribution < 1.29 is 0 Å². The lowest BCUT2D eigenvalue weighted by Crippen LogP contribution is -1.97. The van der Waals surface area contributed by atoms with Crippen molar-refractivity contribution in [3.05, 3.63) is 36.5 Å². The number of nitrogens with zero attached hydrogens (tertiary/aromatic N) is 2. The van der Waals surface area contributed by atoms with Crippen LogP contribution >= 0.6 is 0 Å². The van der Waals surface area contributed by atoms with E-state index in [1.165, 1.54) is 0 Å². The van der Waals surface area contributed by atoms with Crippen molar-refractivity contribution in [3.8, 4) is 0 Å². The van der Waals surface area contributed by atoms with Gasteiger partial charge in [0.2, 0.25) is 0 Å². The third-order valence-electron chi connectivity index (χ3n) is 2.18. The summed E-state index contributed by atoms with van der Waals surface area (Å²) in [7, 11) is 0. The van der Waals surface area contributed by atoms with E-state index in [1.54, 1.807) is 0 Å². The zero-order valence-corrected chi connectivity index (χ0v) is 8.14. The molecule has 72 valence electrons. The lowest BCUT2D eigenvalue weighted by atomic mass is 10.2. The van der Waals surface area contributed by atoms with Crippen molar-refractivity contribution in [1.82, 2.24) is 9.78 Å². The molecule has 2 rings (SSSR count). The summed E-state index contributed by atoms with van der Waals surface area (Å²) in [4.78, 5) is 0. The first kappa shape index (κ1) is 8.81. The quantitative estimate of drug-likeness (QED) is 0.578. The Morgan fingerprint density at radius 3 is 3.14 bits per heavy atom. The molecule has 2 N–H and O–H groups in total. The molecule has 0 unspecified atom stereocenters. The number of aromatic nitrogens is 2. The minimum atomic E-state index is 0.778. The van der Waals surface area contributed by atoms with Gasteiger partial charge in [0.1, 0.15) is 0 Å². The number of allylic oxidation sites excluding steroid dienone is 2. The second kappa shape index (κ2) is 3.54. The first-order valence-electron chi connectivity index (χ1n) is 4.63. The van der Waals surface area contributed by atoms with E-state index in [4.69, 9.17) is 5.73 Å². The summed E-state index contributed by atoms with van der Waals surface area (Å²) in [5.74, 6) is 0. The molecular weight excluding hydrogens is 174 g/mol. The van der Waals surface area contributed by atoms with Crippen molar-refractivity contribution >= 4 is 16.6 Å². The average Bonchev–Trinajstić information content (AvgIpc) is 2.57. The van der Waals surface area contributed by atoms with E-state index in [9.17, 15) is 0 Å². The van der Waals surface area contributed by atoms with Crippen LogP contribution in [0.3, 0.4) is 0 Å². The number of rotatable bonds is 2. The Kier molecular flexibility index (Phi) is 2.23. The van der Waals surface area contributed by atoms with Gasteiger partial charge in [-0.05, 0) is 25.1 Å². The molecule has 1 aromatic heterocycles. The van der Waals surface area contributed by atoms with E-state index < -0.39 is 0 Å². The van der Waals surface area contributed by atoms with Gasteiger partial charge < -0.3 is 5.73 Å². The lowest BCUT2D eigenvalue weighted by Gasteiger charge is -1.99. The van der Waals surface area contributed by atoms with E-state index >= 15 is 0 Å². The predicted molar refractivity (Wildman–Crippen MR) is 59.0 cm³/mol. The van der Waals surface area contributed by atoms with Crippen LogP contribution in [0.1, 0.15) is 6.92 Å². The van der Waals surface area contributed by atoms with Crippen LogP contribution in [0.25, 0.3) is 10.9 Å². The van der Waals surface area contributed by atoms with Crippen LogP contribution in [0.2, 0.25) is 0 Å². The van der Waals surface area contributed by atoms with Crippen molar-refractivity contribution in [2.45, 2.75) is 13.5 Å². The van der Waals surface area contributed by atoms with E-state index in [0.29, 0.717) is 0 Å². The summed E-state index contributed by atoms with van der Waals surface area (Å²) < 4.78 is 1.94. The monoisotopic (exact) mass is 187 g/mol. The standard InChI is InChI=1S/C11H13N3/c1-2-3-6-14-11-7-10(12)5-4-9(11)8-13-14/h2-5,7-8H,6,12H2,1H3/b3-2+. The van der Waals surface area contributed by atoms with Crippen LogP contribution < -0.4 is 5.73 Å². The van der Waals surface area contributed by atoms with Crippen molar-refractivity contribution in [3.63, 3.8) is 0 Å². The molecule has 3 nitrogen and oxygen atoms in total. The van der Waals surface area contributed by atoms with Gasteiger partial charge in [0.25, 0.3) is 0 Å². The Balaban J connectivity index is 2.49. The van der Waals surface area contributed by atoms with Crippen molar-refractivity contribution in [1.29, 1.82) is 0 Å². The van der Waals surface area contributed by atoms with Gasteiger partial charge in [-0.1, -0.05) is 12.2 Å².